The average Bonchev–Trinajstić information content (AvgIpc) is 2.47. The molecule has 3 rings (SSSR count). The summed E-state index contributed by atoms with van der Waals surface area (Å²) < 4.78 is 41.4. The lowest BCUT2D eigenvalue weighted by atomic mass is 9.87. The van der Waals surface area contributed by atoms with Crippen LogP contribution in [-0.4, -0.2) is 0 Å². The van der Waals surface area contributed by atoms with Crippen molar-refractivity contribution in [3.05, 3.63) is 76.1 Å². The highest BCUT2D eigenvalue weighted by atomic mass is 19.1. The topological polar surface area (TPSA) is 0 Å². The first-order valence-electron chi connectivity index (χ1n) is 7.53. The second-order valence-corrected chi connectivity index (χ2v) is 5.70. The molecule has 1 aliphatic carbocycles. The highest BCUT2D eigenvalue weighted by Crippen LogP contribution is 2.31. The molecule has 2 aromatic carbocycles. The smallest absolute Gasteiger partial charge is 0.130 e. The van der Waals surface area contributed by atoms with Gasteiger partial charge in [0, 0.05) is 11.6 Å². The zero-order chi connectivity index (χ0) is 15.7. The lowest BCUT2D eigenvalue weighted by Gasteiger charge is -2.19. The van der Waals surface area contributed by atoms with Crippen molar-refractivity contribution in [2.45, 2.75) is 32.6 Å². The van der Waals surface area contributed by atoms with Crippen molar-refractivity contribution in [3.63, 3.8) is 0 Å². The maximum absolute atomic E-state index is 14.3. The first-order valence-corrected chi connectivity index (χ1v) is 7.53. The molecule has 0 bridgehead atoms. The summed E-state index contributed by atoms with van der Waals surface area (Å²) in [6, 6.07) is 7.49. The van der Waals surface area contributed by atoms with Gasteiger partial charge in [-0.2, -0.15) is 0 Å². The molecule has 2 aromatic rings. The van der Waals surface area contributed by atoms with Gasteiger partial charge in [-0.15, -0.1) is 0 Å². The van der Waals surface area contributed by atoms with Crippen molar-refractivity contribution < 1.29 is 13.2 Å². The Balaban J connectivity index is 1.93. The zero-order valence-corrected chi connectivity index (χ0v) is 12.4. The molecule has 0 N–H and O–H groups in total. The maximum atomic E-state index is 14.3. The van der Waals surface area contributed by atoms with Gasteiger partial charge < -0.3 is 0 Å². The van der Waals surface area contributed by atoms with Gasteiger partial charge in [0.15, 0.2) is 0 Å². The molecule has 0 nitrogen and oxygen atoms in total. The molecule has 3 heteroatoms. The summed E-state index contributed by atoms with van der Waals surface area (Å²) in [7, 11) is 0. The predicted molar refractivity (Wildman–Crippen MR) is 82.1 cm³/mol. The quantitative estimate of drug-likeness (QED) is 0.727. The minimum absolute atomic E-state index is 0.266. The molecule has 0 spiro atoms. The lowest BCUT2D eigenvalue weighted by Crippen LogP contribution is -2.07. The molecule has 0 unspecified atom stereocenters. The Hall–Kier alpha value is -2.03. The van der Waals surface area contributed by atoms with Crippen molar-refractivity contribution in [2.75, 3.05) is 0 Å². The molecule has 0 saturated heterocycles. The molecule has 0 amide bonds. The van der Waals surface area contributed by atoms with Gasteiger partial charge in [-0.1, -0.05) is 31.6 Å². The molecule has 0 heterocycles. The molecular weight excluding hydrogens is 285 g/mol. The Morgan fingerprint density at radius 1 is 1.00 bits per heavy atom. The molecular formula is C19H17F3. The summed E-state index contributed by atoms with van der Waals surface area (Å²) in [4.78, 5) is 0. The maximum Gasteiger partial charge on any atom is 0.130 e. The summed E-state index contributed by atoms with van der Waals surface area (Å²) in [5.74, 6) is -1.38. The van der Waals surface area contributed by atoms with E-state index in [0.29, 0.717) is 29.5 Å². The molecule has 1 aliphatic rings. The average molecular weight is 302 g/mol. The van der Waals surface area contributed by atoms with Gasteiger partial charge in [-0.25, -0.2) is 13.2 Å². The normalized spacial score (nSPS) is 13.7. The third kappa shape index (κ3) is 2.80. The van der Waals surface area contributed by atoms with Crippen LogP contribution in [0.15, 0.2) is 36.4 Å². The number of hydrogen-bond acceptors (Lipinski definition) is 0. The number of allylic oxidation sites excluding steroid dienone is 2. The van der Waals surface area contributed by atoms with Crippen LogP contribution < -0.4 is 0 Å². The van der Waals surface area contributed by atoms with Gasteiger partial charge in [0.05, 0.1) is 0 Å². The third-order valence-electron chi connectivity index (χ3n) is 4.10. The van der Waals surface area contributed by atoms with Crippen LogP contribution in [0.5, 0.6) is 0 Å². The second-order valence-electron chi connectivity index (χ2n) is 5.70. The van der Waals surface area contributed by atoms with Crippen LogP contribution in [-0.2, 0) is 19.3 Å². The summed E-state index contributed by atoms with van der Waals surface area (Å²) >= 11 is 0. The number of hydrogen-bond donors (Lipinski definition) is 0. The summed E-state index contributed by atoms with van der Waals surface area (Å²) in [6.07, 6.45) is 4.37. The van der Waals surface area contributed by atoms with E-state index in [0.717, 1.165) is 30.0 Å². The summed E-state index contributed by atoms with van der Waals surface area (Å²) in [5, 5.41) is 0. The number of benzene rings is 2. The van der Waals surface area contributed by atoms with Crippen molar-refractivity contribution in [1.29, 1.82) is 0 Å². The predicted octanol–water partition coefficient (Wildman–Crippen LogP) is 5.24. The minimum atomic E-state index is -0.587. The number of aryl methyl sites for hydroxylation is 1. The largest absolute Gasteiger partial charge is 0.207 e. The highest BCUT2D eigenvalue weighted by Gasteiger charge is 2.19. The minimum Gasteiger partial charge on any atom is -0.207 e. The summed E-state index contributed by atoms with van der Waals surface area (Å²) in [5.41, 5.74) is 3.39. The Labute approximate surface area is 128 Å². The van der Waals surface area contributed by atoms with Crippen LogP contribution in [0.25, 0.3) is 5.57 Å². The summed E-state index contributed by atoms with van der Waals surface area (Å²) in [6.45, 7) is 2.05. The third-order valence-corrected chi connectivity index (χ3v) is 4.10. The monoisotopic (exact) mass is 302 g/mol. The van der Waals surface area contributed by atoms with E-state index in [1.807, 2.05) is 12.1 Å². The Bertz CT molecular complexity index is 745. The van der Waals surface area contributed by atoms with Gasteiger partial charge in [-0.05, 0) is 53.7 Å². The van der Waals surface area contributed by atoms with Crippen molar-refractivity contribution in [3.8, 4) is 0 Å². The Morgan fingerprint density at radius 2 is 1.82 bits per heavy atom. The van der Waals surface area contributed by atoms with E-state index in [9.17, 15) is 13.2 Å². The zero-order valence-electron chi connectivity index (χ0n) is 12.4. The lowest BCUT2D eigenvalue weighted by molar-refractivity contribution is 0.571. The Kier molecular flexibility index (Phi) is 4.06. The highest BCUT2D eigenvalue weighted by molar-refractivity contribution is 5.71. The van der Waals surface area contributed by atoms with Gasteiger partial charge in [0.1, 0.15) is 17.5 Å². The molecule has 0 atom stereocenters. The first kappa shape index (κ1) is 14.9. The van der Waals surface area contributed by atoms with Crippen molar-refractivity contribution >= 4 is 5.57 Å². The molecule has 0 radical (unpaired) electrons. The van der Waals surface area contributed by atoms with E-state index in [-0.39, 0.29) is 5.82 Å². The van der Waals surface area contributed by atoms with E-state index >= 15 is 0 Å². The van der Waals surface area contributed by atoms with Crippen LogP contribution in [0.3, 0.4) is 0 Å². The number of fused-ring (bicyclic) bond motifs is 1. The Morgan fingerprint density at radius 3 is 2.55 bits per heavy atom. The number of rotatable bonds is 3. The molecule has 0 saturated carbocycles. The SMILES string of the molecule is CCCc1ccc(C2=CCc3c(F)cc(F)cc3C2)c(F)c1. The van der Waals surface area contributed by atoms with Crippen LogP contribution in [0.2, 0.25) is 0 Å². The molecule has 0 aliphatic heterocycles. The molecule has 114 valence electrons. The molecule has 0 aromatic heterocycles. The second kappa shape index (κ2) is 5.99. The van der Waals surface area contributed by atoms with Gasteiger partial charge in [-0.3, -0.25) is 0 Å². The first-order chi connectivity index (χ1) is 10.6. The van der Waals surface area contributed by atoms with Gasteiger partial charge in [0.2, 0.25) is 0 Å². The van der Waals surface area contributed by atoms with E-state index < -0.39 is 11.6 Å². The van der Waals surface area contributed by atoms with E-state index in [2.05, 4.69) is 6.92 Å². The molecule has 22 heavy (non-hydrogen) atoms. The standard InChI is InChI=1S/C19H17F3/c1-2-3-12-4-6-16(18(21)8-12)13-5-7-17-14(9-13)10-15(20)11-19(17)22/h4-6,8,10-11H,2-3,7,9H2,1H3. The van der Waals surface area contributed by atoms with E-state index in [1.165, 1.54) is 6.07 Å². The van der Waals surface area contributed by atoms with Crippen LogP contribution in [0, 0.1) is 17.5 Å². The fourth-order valence-electron chi connectivity index (χ4n) is 3.01. The van der Waals surface area contributed by atoms with Gasteiger partial charge >= 0.3 is 0 Å². The molecule has 0 fully saturated rings. The number of halogens is 3. The van der Waals surface area contributed by atoms with Crippen LogP contribution >= 0.6 is 0 Å². The van der Waals surface area contributed by atoms with Crippen LogP contribution in [0.4, 0.5) is 13.2 Å². The van der Waals surface area contributed by atoms with Gasteiger partial charge in [0.25, 0.3) is 0 Å². The fourth-order valence-corrected chi connectivity index (χ4v) is 3.01. The fraction of sp³-hybridized carbons (Fsp3) is 0.263. The van der Waals surface area contributed by atoms with E-state index in [1.54, 1.807) is 12.1 Å². The van der Waals surface area contributed by atoms with E-state index in [4.69, 9.17) is 0 Å². The van der Waals surface area contributed by atoms with Crippen LogP contribution in [0.1, 0.15) is 35.6 Å². The van der Waals surface area contributed by atoms with Crippen molar-refractivity contribution in [1.82, 2.24) is 0 Å². The van der Waals surface area contributed by atoms with Crippen molar-refractivity contribution in [2.24, 2.45) is 0 Å².